The van der Waals surface area contributed by atoms with Crippen molar-refractivity contribution in [3.8, 4) is 0 Å². The van der Waals surface area contributed by atoms with Gasteiger partial charge in [-0.2, -0.15) is 0 Å². The second kappa shape index (κ2) is 6.23. The minimum atomic E-state index is -0.305. The number of carbonyl (C=O) groups excluding carboxylic acids is 2. The van der Waals surface area contributed by atoms with Gasteiger partial charge in [-0.15, -0.1) is 0 Å². The highest BCUT2D eigenvalue weighted by Crippen LogP contribution is 2.25. The van der Waals surface area contributed by atoms with E-state index in [0.29, 0.717) is 18.4 Å². The number of amides is 2. The van der Waals surface area contributed by atoms with Crippen LogP contribution in [0.1, 0.15) is 34.8 Å². The van der Waals surface area contributed by atoms with E-state index in [9.17, 15) is 9.59 Å². The Bertz CT molecular complexity index is 684. The van der Waals surface area contributed by atoms with E-state index in [-0.39, 0.29) is 29.1 Å². The molecular weight excluding hydrogens is 304 g/mol. The Morgan fingerprint density at radius 2 is 2.05 bits per heavy atom. The molecular formula is C16H15ClN2O3. The smallest absolute Gasteiger partial charge is 0.256 e. The zero-order chi connectivity index (χ0) is 15.5. The van der Waals surface area contributed by atoms with Gasteiger partial charge in [0, 0.05) is 6.42 Å². The first-order valence-corrected chi connectivity index (χ1v) is 7.41. The van der Waals surface area contributed by atoms with Gasteiger partial charge in [-0.1, -0.05) is 30.3 Å². The molecule has 1 aromatic carbocycles. The Hall–Kier alpha value is -2.27. The van der Waals surface area contributed by atoms with Gasteiger partial charge >= 0.3 is 0 Å². The predicted molar refractivity (Wildman–Crippen MR) is 81.5 cm³/mol. The fourth-order valence-electron chi connectivity index (χ4n) is 2.63. The third-order valence-corrected chi connectivity index (χ3v) is 4.03. The normalized spacial score (nSPS) is 21.2. The van der Waals surface area contributed by atoms with Gasteiger partial charge in [0.2, 0.25) is 11.1 Å². The lowest BCUT2D eigenvalue weighted by atomic mass is 9.92. The van der Waals surface area contributed by atoms with Crippen molar-refractivity contribution in [2.75, 3.05) is 0 Å². The van der Waals surface area contributed by atoms with Crippen LogP contribution in [0.25, 0.3) is 0 Å². The van der Waals surface area contributed by atoms with E-state index >= 15 is 0 Å². The first-order valence-electron chi connectivity index (χ1n) is 7.03. The molecule has 0 saturated carbocycles. The van der Waals surface area contributed by atoms with Crippen LogP contribution in [0.3, 0.4) is 0 Å². The van der Waals surface area contributed by atoms with E-state index in [0.717, 1.165) is 5.56 Å². The molecule has 2 heterocycles. The molecule has 6 heteroatoms. The molecule has 0 unspecified atom stereocenters. The lowest BCUT2D eigenvalue weighted by Crippen LogP contribution is -2.50. The Morgan fingerprint density at radius 1 is 1.27 bits per heavy atom. The molecule has 1 fully saturated rings. The van der Waals surface area contributed by atoms with E-state index < -0.39 is 0 Å². The predicted octanol–water partition coefficient (Wildman–Crippen LogP) is 2.68. The minimum absolute atomic E-state index is 0.0132. The number of halogens is 1. The van der Waals surface area contributed by atoms with Gasteiger partial charge in [0.1, 0.15) is 0 Å². The third kappa shape index (κ3) is 2.99. The molecule has 1 aromatic heterocycles. The summed E-state index contributed by atoms with van der Waals surface area (Å²) in [7, 11) is 0. The summed E-state index contributed by atoms with van der Waals surface area (Å²) in [5.41, 5.74) is 1.25. The van der Waals surface area contributed by atoms with Crippen LogP contribution < -0.4 is 10.6 Å². The SMILES string of the molecule is O=C1CC[C@@H](NC(=O)c2ccoc2Cl)[C@H](c2ccccc2)N1. The maximum Gasteiger partial charge on any atom is 0.256 e. The monoisotopic (exact) mass is 318 g/mol. The van der Waals surface area contributed by atoms with Crippen LogP contribution in [0.4, 0.5) is 0 Å². The lowest BCUT2D eigenvalue weighted by Gasteiger charge is -2.33. The topological polar surface area (TPSA) is 71.3 Å². The number of nitrogens with one attached hydrogen (secondary N) is 2. The highest BCUT2D eigenvalue weighted by Gasteiger charge is 2.31. The van der Waals surface area contributed by atoms with E-state index in [1.807, 2.05) is 30.3 Å². The molecule has 114 valence electrons. The quantitative estimate of drug-likeness (QED) is 0.914. The lowest BCUT2D eigenvalue weighted by molar-refractivity contribution is -0.123. The molecule has 2 aromatic rings. The first-order chi connectivity index (χ1) is 10.6. The molecule has 0 bridgehead atoms. The van der Waals surface area contributed by atoms with Crippen LogP contribution in [0.15, 0.2) is 47.1 Å². The molecule has 22 heavy (non-hydrogen) atoms. The molecule has 0 spiro atoms. The van der Waals surface area contributed by atoms with Crippen molar-refractivity contribution in [3.05, 3.63) is 59.0 Å². The maximum absolute atomic E-state index is 12.3. The van der Waals surface area contributed by atoms with Gasteiger partial charge in [-0.05, 0) is 29.7 Å². The summed E-state index contributed by atoms with van der Waals surface area (Å²) in [5.74, 6) is -0.318. The molecule has 0 aliphatic carbocycles. The minimum Gasteiger partial charge on any atom is -0.452 e. The van der Waals surface area contributed by atoms with E-state index in [1.165, 1.54) is 12.3 Å². The van der Waals surface area contributed by atoms with Crippen LogP contribution in [-0.2, 0) is 4.79 Å². The van der Waals surface area contributed by atoms with Gasteiger partial charge in [-0.3, -0.25) is 9.59 Å². The number of hydrogen-bond donors (Lipinski definition) is 2. The van der Waals surface area contributed by atoms with Crippen molar-refractivity contribution < 1.29 is 14.0 Å². The molecule has 5 nitrogen and oxygen atoms in total. The van der Waals surface area contributed by atoms with Crippen LogP contribution >= 0.6 is 11.6 Å². The number of piperidine rings is 1. The van der Waals surface area contributed by atoms with Crippen LogP contribution in [-0.4, -0.2) is 17.9 Å². The molecule has 2 atom stereocenters. The number of rotatable bonds is 3. The summed E-state index contributed by atoms with van der Waals surface area (Å²) in [6.07, 6.45) is 2.33. The fourth-order valence-corrected chi connectivity index (χ4v) is 2.83. The summed E-state index contributed by atoms with van der Waals surface area (Å²) >= 11 is 5.83. The van der Waals surface area contributed by atoms with Crippen molar-refractivity contribution >= 4 is 23.4 Å². The zero-order valence-corrected chi connectivity index (χ0v) is 12.5. The Morgan fingerprint density at radius 3 is 2.73 bits per heavy atom. The van der Waals surface area contributed by atoms with Crippen LogP contribution in [0.5, 0.6) is 0 Å². The van der Waals surface area contributed by atoms with Gasteiger partial charge in [0.05, 0.1) is 23.9 Å². The van der Waals surface area contributed by atoms with Gasteiger partial charge in [-0.25, -0.2) is 0 Å². The van der Waals surface area contributed by atoms with Crippen LogP contribution in [0, 0.1) is 0 Å². The molecule has 2 amide bonds. The van der Waals surface area contributed by atoms with Gasteiger partial charge < -0.3 is 15.1 Å². The molecule has 3 rings (SSSR count). The number of carbonyl (C=O) groups is 2. The number of furan rings is 1. The van der Waals surface area contributed by atoms with Crippen molar-refractivity contribution in [1.82, 2.24) is 10.6 Å². The average Bonchev–Trinajstić information content (AvgIpc) is 2.96. The van der Waals surface area contributed by atoms with E-state index in [4.69, 9.17) is 16.0 Å². The molecule has 1 aliphatic rings. The largest absolute Gasteiger partial charge is 0.452 e. The summed E-state index contributed by atoms with van der Waals surface area (Å²) in [6.45, 7) is 0. The molecule has 2 N–H and O–H groups in total. The average molecular weight is 319 g/mol. The maximum atomic E-state index is 12.3. The number of hydrogen-bond acceptors (Lipinski definition) is 3. The molecule has 1 aliphatic heterocycles. The van der Waals surface area contributed by atoms with E-state index in [2.05, 4.69) is 10.6 Å². The van der Waals surface area contributed by atoms with Crippen molar-refractivity contribution in [1.29, 1.82) is 0 Å². The van der Waals surface area contributed by atoms with Crippen LogP contribution in [0.2, 0.25) is 5.22 Å². The Balaban J connectivity index is 1.80. The van der Waals surface area contributed by atoms with Crippen molar-refractivity contribution in [2.45, 2.75) is 24.9 Å². The number of benzene rings is 1. The van der Waals surface area contributed by atoms with E-state index in [1.54, 1.807) is 0 Å². The van der Waals surface area contributed by atoms with Crippen molar-refractivity contribution in [3.63, 3.8) is 0 Å². The fraction of sp³-hybridized carbons (Fsp3) is 0.250. The third-order valence-electron chi connectivity index (χ3n) is 3.74. The Kier molecular flexibility index (Phi) is 4.15. The molecule has 0 radical (unpaired) electrons. The summed E-state index contributed by atoms with van der Waals surface area (Å²) in [4.78, 5) is 24.0. The second-order valence-electron chi connectivity index (χ2n) is 5.18. The molecule has 1 saturated heterocycles. The van der Waals surface area contributed by atoms with Crippen molar-refractivity contribution in [2.24, 2.45) is 0 Å². The highest BCUT2D eigenvalue weighted by atomic mass is 35.5. The second-order valence-corrected chi connectivity index (χ2v) is 5.53. The summed E-state index contributed by atoms with van der Waals surface area (Å²) in [6, 6.07) is 10.7. The zero-order valence-electron chi connectivity index (χ0n) is 11.7. The Labute approximate surface area is 132 Å². The summed E-state index contributed by atoms with van der Waals surface area (Å²) < 4.78 is 4.94. The first kappa shape index (κ1) is 14.7. The summed E-state index contributed by atoms with van der Waals surface area (Å²) in [5, 5.41) is 5.93. The van der Waals surface area contributed by atoms with Gasteiger partial charge in [0.15, 0.2) is 0 Å². The standard InChI is InChI=1S/C16H15ClN2O3/c17-15-11(8-9-22-15)16(21)18-12-6-7-13(20)19-14(12)10-4-2-1-3-5-10/h1-5,8-9,12,14H,6-7H2,(H,18,21)(H,19,20)/t12-,14+/m1/s1. The highest BCUT2D eigenvalue weighted by molar-refractivity contribution is 6.32. The van der Waals surface area contributed by atoms with Gasteiger partial charge in [0.25, 0.3) is 5.91 Å².